The first-order valence-corrected chi connectivity index (χ1v) is 6.35. The monoisotopic (exact) mass is 252 g/mol. The van der Waals surface area contributed by atoms with Crippen LogP contribution in [0.1, 0.15) is 12.2 Å². The lowest BCUT2D eigenvalue weighted by molar-refractivity contribution is 0.0532. The van der Waals surface area contributed by atoms with Gasteiger partial charge in [-0.1, -0.05) is 0 Å². The van der Waals surface area contributed by atoms with Crippen LogP contribution in [0.25, 0.3) is 0 Å². The van der Waals surface area contributed by atoms with Crippen molar-refractivity contribution in [1.82, 2.24) is 19.8 Å². The maximum absolute atomic E-state index is 11.8. The Morgan fingerprint density at radius 2 is 2.28 bits per heavy atom. The summed E-state index contributed by atoms with van der Waals surface area (Å²) < 4.78 is 7.29. The second-order valence-corrected chi connectivity index (χ2v) is 4.35. The third kappa shape index (κ3) is 3.46. The number of hydrogen-bond acceptors (Lipinski definition) is 3. The Morgan fingerprint density at radius 1 is 1.50 bits per heavy atom. The number of urea groups is 1. The summed E-state index contributed by atoms with van der Waals surface area (Å²) in [5.41, 5.74) is 0. The third-order valence-corrected chi connectivity index (χ3v) is 3.07. The summed E-state index contributed by atoms with van der Waals surface area (Å²) in [4.78, 5) is 17.7. The lowest BCUT2D eigenvalue weighted by Gasteiger charge is -2.26. The van der Waals surface area contributed by atoms with Gasteiger partial charge < -0.3 is 19.5 Å². The first kappa shape index (κ1) is 12.9. The Hall–Kier alpha value is -1.56. The molecule has 1 aliphatic heterocycles. The summed E-state index contributed by atoms with van der Waals surface area (Å²) in [6.45, 7) is 6.21. The predicted molar refractivity (Wildman–Crippen MR) is 67.4 cm³/mol. The molecule has 1 aromatic rings. The molecule has 2 rings (SSSR count). The highest BCUT2D eigenvalue weighted by atomic mass is 16.5. The molecule has 0 aromatic carbocycles. The molecule has 2 amide bonds. The van der Waals surface area contributed by atoms with Gasteiger partial charge in [0, 0.05) is 38.6 Å². The van der Waals surface area contributed by atoms with E-state index in [0.29, 0.717) is 32.8 Å². The fourth-order valence-corrected chi connectivity index (χ4v) is 1.96. The Labute approximate surface area is 107 Å². The van der Waals surface area contributed by atoms with Crippen molar-refractivity contribution in [3.8, 4) is 0 Å². The van der Waals surface area contributed by atoms with Crippen molar-refractivity contribution in [3.63, 3.8) is 0 Å². The lowest BCUT2D eigenvalue weighted by atomic mass is 10.4. The summed E-state index contributed by atoms with van der Waals surface area (Å²) in [5.74, 6) is 1.01. The summed E-state index contributed by atoms with van der Waals surface area (Å²) in [6.07, 6.45) is 4.66. The Balaban J connectivity index is 1.63. The zero-order chi connectivity index (χ0) is 12.8. The smallest absolute Gasteiger partial charge is 0.317 e. The van der Waals surface area contributed by atoms with Crippen molar-refractivity contribution in [3.05, 3.63) is 18.2 Å². The van der Waals surface area contributed by atoms with E-state index in [1.807, 2.05) is 13.1 Å². The number of morpholine rings is 1. The minimum absolute atomic E-state index is 0.0145. The maximum atomic E-state index is 11.8. The van der Waals surface area contributed by atoms with Gasteiger partial charge in [0.25, 0.3) is 0 Å². The van der Waals surface area contributed by atoms with Gasteiger partial charge in [-0.3, -0.25) is 0 Å². The number of nitrogens with one attached hydrogen (secondary N) is 1. The molecule has 1 aromatic heterocycles. The summed E-state index contributed by atoms with van der Waals surface area (Å²) in [7, 11) is 0. The van der Waals surface area contributed by atoms with Gasteiger partial charge in [-0.2, -0.15) is 0 Å². The van der Waals surface area contributed by atoms with Gasteiger partial charge in [0.1, 0.15) is 5.82 Å². The number of aryl methyl sites for hydroxylation is 2. The molecular formula is C12H20N4O2. The largest absolute Gasteiger partial charge is 0.378 e. The van der Waals surface area contributed by atoms with Gasteiger partial charge in [-0.25, -0.2) is 9.78 Å². The first-order chi connectivity index (χ1) is 8.77. The number of ether oxygens (including phenoxy) is 1. The molecule has 6 nitrogen and oxygen atoms in total. The second-order valence-electron chi connectivity index (χ2n) is 4.35. The van der Waals surface area contributed by atoms with Gasteiger partial charge >= 0.3 is 6.03 Å². The first-order valence-electron chi connectivity index (χ1n) is 6.35. The van der Waals surface area contributed by atoms with Crippen molar-refractivity contribution in [2.75, 3.05) is 32.8 Å². The van der Waals surface area contributed by atoms with Gasteiger partial charge in [0.15, 0.2) is 0 Å². The van der Waals surface area contributed by atoms with Crippen LogP contribution in [0, 0.1) is 6.92 Å². The highest BCUT2D eigenvalue weighted by molar-refractivity contribution is 5.74. The molecule has 1 fully saturated rings. The summed E-state index contributed by atoms with van der Waals surface area (Å²) in [6, 6.07) is 0.0145. The van der Waals surface area contributed by atoms with Gasteiger partial charge in [-0.15, -0.1) is 0 Å². The lowest BCUT2D eigenvalue weighted by Crippen LogP contribution is -2.46. The molecule has 18 heavy (non-hydrogen) atoms. The minimum Gasteiger partial charge on any atom is -0.378 e. The molecule has 1 N–H and O–H groups in total. The van der Waals surface area contributed by atoms with E-state index in [-0.39, 0.29) is 6.03 Å². The third-order valence-electron chi connectivity index (χ3n) is 3.07. The van der Waals surface area contributed by atoms with Gasteiger partial charge in [0.05, 0.1) is 13.2 Å². The molecule has 0 radical (unpaired) electrons. The molecule has 100 valence electrons. The Bertz CT molecular complexity index is 385. The minimum atomic E-state index is 0.0145. The molecular weight excluding hydrogens is 232 g/mol. The van der Waals surface area contributed by atoms with E-state index in [4.69, 9.17) is 4.74 Å². The van der Waals surface area contributed by atoms with Crippen LogP contribution in [-0.4, -0.2) is 53.3 Å². The van der Waals surface area contributed by atoms with Crippen LogP contribution in [0.5, 0.6) is 0 Å². The van der Waals surface area contributed by atoms with Gasteiger partial charge in [0.2, 0.25) is 0 Å². The summed E-state index contributed by atoms with van der Waals surface area (Å²) >= 11 is 0. The standard InChI is InChI=1S/C12H20N4O2/c1-11-13-4-6-15(11)5-2-3-14-12(17)16-7-9-18-10-8-16/h4,6H,2-3,5,7-10H2,1H3,(H,14,17). The number of carbonyl (C=O) groups excluding carboxylic acids is 1. The average Bonchev–Trinajstić information content (AvgIpc) is 2.81. The number of rotatable bonds is 4. The average molecular weight is 252 g/mol. The van der Waals surface area contributed by atoms with E-state index in [9.17, 15) is 4.79 Å². The fraction of sp³-hybridized carbons (Fsp3) is 0.667. The molecule has 1 aliphatic rings. The Morgan fingerprint density at radius 3 is 2.94 bits per heavy atom. The van der Waals surface area contributed by atoms with E-state index < -0.39 is 0 Å². The second kappa shape index (κ2) is 6.39. The molecule has 0 bridgehead atoms. The number of imidazole rings is 1. The number of nitrogens with zero attached hydrogens (tertiary/aromatic N) is 3. The van der Waals surface area contributed by atoms with Crippen LogP contribution in [0.3, 0.4) is 0 Å². The summed E-state index contributed by atoms with van der Waals surface area (Å²) in [5, 5.41) is 2.93. The van der Waals surface area contributed by atoms with Crippen LogP contribution in [0.15, 0.2) is 12.4 Å². The number of amides is 2. The fourth-order valence-electron chi connectivity index (χ4n) is 1.96. The van der Waals surface area contributed by atoms with Crippen LogP contribution < -0.4 is 5.32 Å². The van der Waals surface area contributed by atoms with E-state index in [1.165, 1.54) is 0 Å². The molecule has 0 unspecified atom stereocenters. The Kier molecular flexibility index (Phi) is 4.58. The van der Waals surface area contributed by atoms with Crippen LogP contribution in [0.2, 0.25) is 0 Å². The zero-order valence-electron chi connectivity index (χ0n) is 10.8. The molecule has 0 atom stereocenters. The van der Waals surface area contributed by atoms with E-state index in [2.05, 4.69) is 14.9 Å². The van der Waals surface area contributed by atoms with Crippen molar-refractivity contribution in [2.45, 2.75) is 19.9 Å². The number of hydrogen-bond donors (Lipinski definition) is 1. The van der Waals surface area contributed by atoms with E-state index in [1.54, 1.807) is 11.1 Å². The van der Waals surface area contributed by atoms with Crippen LogP contribution in [0.4, 0.5) is 4.79 Å². The predicted octanol–water partition coefficient (Wildman–Crippen LogP) is 0.623. The topological polar surface area (TPSA) is 59.4 Å². The number of aromatic nitrogens is 2. The molecule has 6 heteroatoms. The van der Waals surface area contributed by atoms with Crippen molar-refractivity contribution in [2.24, 2.45) is 0 Å². The maximum Gasteiger partial charge on any atom is 0.317 e. The zero-order valence-corrected chi connectivity index (χ0v) is 10.8. The highest BCUT2D eigenvalue weighted by Crippen LogP contribution is 1.98. The van der Waals surface area contributed by atoms with E-state index >= 15 is 0 Å². The quantitative estimate of drug-likeness (QED) is 0.799. The van der Waals surface area contributed by atoms with Crippen molar-refractivity contribution < 1.29 is 9.53 Å². The van der Waals surface area contributed by atoms with Gasteiger partial charge in [-0.05, 0) is 13.3 Å². The molecule has 2 heterocycles. The van der Waals surface area contributed by atoms with Crippen LogP contribution >= 0.6 is 0 Å². The van der Waals surface area contributed by atoms with E-state index in [0.717, 1.165) is 18.8 Å². The highest BCUT2D eigenvalue weighted by Gasteiger charge is 2.15. The van der Waals surface area contributed by atoms with Crippen molar-refractivity contribution >= 4 is 6.03 Å². The molecule has 0 saturated carbocycles. The molecule has 0 spiro atoms. The SMILES string of the molecule is Cc1nccn1CCCNC(=O)N1CCOCC1. The van der Waals surface area contributed by atoms with Crippen LogP contribution in [-0.2, 0) is 11.3 Å². The van der Waals surface area contributed by atoms with Crippen molar-refractivity contribution in [1.29, 1.82) is 0 Å². The number of carbonyl (C=O) groups is 1. The molecule has 1 saturated heterocycles. The normalized spacial score (nSPS) is 15.7. The molecule has 0 aliphatic carbocycles.